The van der Waals surface area contributed by atoms with Crippen LogP contribution in [0.2, 0.25) is 0 Å². The van der Waals surface area contributed by atoms with E-state index in [-0.39, 0.29) is 5.91 Å². The van der Waals surface area contributed by atoms with Crippen LogP contribution in [-0.4, -0.2) is 33.9 Å². The summed E-state index contributed by atoms with van der Waals surface area (Å²) < 4.78 is 5.62. The molecule has 0 bridgehead atoms. The number of hydrogen-bond donors (Lipinski definition) is 3. The minimum atomic E-state index is -0.372. The number of carbonyl (C=O) groups excluding carboxylic acids is 1. The highest BCUT2D eigenvalue weighted by molar-refractivity contribution is 6.00. The highest BCUT2D eigenvalue weighted by atomic mass is 16.5. The summed E-state index contributed by atoms with van der Waals surface area (Å²) in [4.78, 5) is 15.5. The van der Waals surface area contributed by atoms with Gasteiger partial charge in [0.05, 0.1) is 18.5 Å². The number of carbonyl (C=O) groups is 1. The van der Waals surface area contributed by atoms with Gasteiger partial charge in [0.2, 0.25) is 0 Å². The topological polar surface area (TPSA) is 95.2 Å². The lowest BCUT2D eigenvalue weighted by Gasteiger charge is -2.07. The van der Waals surface area contributed by atoms with Crippen molar-refractivity contribution < 1.29 is 9.53 Å². The van der Waals surface area contributed by atoms with Crippen molar-refractivity contribution in [2.24, 2.45) is 5.10 Å². The largest absolute Gasteiger partial charge is 0.493 e. The Morgan fingerprint density at radius 2 is 2.04 bits per heavy atom. The molecule has 0 spiro atoms. The van der Waals surface area contributed by atoms with Crippen molar-refractivity contribution in [3.05, 3.63) is 72.1 Å². The number of hydrogen-bond acceptors (Lipinski definition) is 4. The summed E-state index contributed by atoms with van der Waals surface area (Å²) in [7, 11) is 0. The van der Waals surface area contributed by atoms with Crippen molar-refractivity contribution in [1.82, 2.24) is 20.6 Å². The molecule has 0 aliphatic carbocycles. The van der Waals surface area contributed by atoms with Crippen molar-refractivity contribution in [1.29, 1.82) is 0 Å². The van der Waals surface area contributed by atoms with Crippen LogP contribution in [0.5, 0.6) is 5.75 Å². The van der Waals surface area contributed by atoms with Gasteiger partial charge in [-0.3, -0.25) is 9.89 Å². The van der Waals surface area contributed by atoms with Crippen molar-refractivity contribution >= 4 is 23.0 Å². The van der Waals surface area contributed by atoms with Gasteiger partial charge in [0.25, 0.3) is 5.91 Å². The fourth-order valence-corrected chi connectivity index (χ4v) is 2.96. The van der Waals surface area contributed by atoms with E-state index in [1.165, 1.54) is 0 Å². The molecule has 0 unspecified atom stereocenters. The van der Waals surface area contributed by atoms with E-state index in [2.05, 4.69) is 25.7 Å². The van der Waals surface area contributed by atoms with E-state index in [0.717, 1.165) is 27.8 Å². The number of ether oxygens (including phenoxy) is 1. The molecule has 4 rings (SSSR count). The molecule has 3 N–H and O–H groups in total. The second-order valence-corrected chi connectivity index (χ2v) is 6.08. The third-order valence-corrected chi connectivity index (χ3v) is 4.28. The number of benzene rings is 2. The predicted octanol–water partition coefficient (Wildman–Crippen LogP) is 3.72. The average Bonchev–Trinajstić information content (AvgIpc) is 3.36. The summed E-state index contributed by atoms with van der Waals surface area (Å²) in [6, 6.07) is 17.1. The maximum atomic E-state index is 12.4. The Morgan fingerprint density at radius 3 is 2.93 bits per heavy atom. The van der Waals surface area contributed by atoms with Crippen LogP contribution in [0.25, 0.3) is 22.2 Å². The number of nitrogens with zero attached hydrogens (tertiary/aromatic N) is 2. The Kier molecular flexibility index (Phi) is 4.88. The van der Waals surface area contributed by atoms with Crippen molar-refractivity contribution in [3.63, 3.8) is 0 Å². The van der Waals surface area contributed by atoms with Gasteiger partial charge < -0.3 is 9.72 Å². The monoisotopic (exact) mass is 373 g/mol. The van der Waals surface area contributed by atoms with Crippen molar-refractivity contribution in [3.8, 4) is 17.0 Å². The Hall–Kier alpha value is -3.87. The second kappa shape index (κ2) is 7.79. The van der Waals surface area contributed by atoms with E-state index >= 15 is 0 Å². The van der Waals surface area contributed by atoms with Gasteiger partial charge in [0.15, 0.2) is 0 Å². The minimum absolute atomic E-state index is 0.317. The quantitative estimate of drug-likeness (QED) is 0.355. The summed E-state index contributed by atoms with van der Waals surface area (Å²) >= 11 is 0. The Morgan fingerprint density at radius 1 is 1.21 bits per heavy atom. The summed E-state index contributed by atoms with van der Waals surface area (Å²) in [6.07, 6.45) is 3.46. The van der Waals surface area contributed by atoms with Gasteiger partial charge in [-0.05, 0) is 31.2 Å². The zero-order chi connectivity index (χ0) is 19.3. The number of hydrazone groups is 1. The Bertz CT molecular complexity index is 1140. The Balaban J connectivity index is 1.48. The first-order chi connectivity index (χ1) is 13.8. The molecule has 0 aliphatic rings. The van der Waals surface area contributed by atoms with E-state index in [1.54, 1.807) is 12.3 Å². The van der Waals surface area contributed by atoms with E-state index in [0.29, 0.717) is 18.0 Å². The number of para-hydroxylation sites is 2. The lowest BCUT2D eigenvalue weighted by atomic mass is 10.1. The molecule has 2 aromatic heterocycles. The molecule has 0 radical (unpaired) electrons. The third-order valence-electron chi connectivity index (χ3n) is 4.28. The normalized spacial score (nSPS) is 11.2. The number of aromatic amines is 2. The van der Waals surface area contributed by atoms with Gasteiger partial charge in [0.1, 0.15) is 11.4 Å². The standard InChI is InChI=1S/C21H19N5O2/c1-2-28-20-10-6-4-8-16(20)18-11-19(25-24-18)21(27)26-23-13-14-12-22-17-9-5-3-7-15(14)17/h3-13,22H,2H2,1H3,(H,24,25)(H,26,27)/b23-13-. The van der Waals surface area contributed by atoms with Crippen LogP contribution in [0, 0.1) is 0 Å². The first kappa shape index (κ1) is 17.5. The van der Waals surface area contributed by atoms with E-state index < -0.39 is 0 Å². The summed E-state index contributed by atoms with van der Waals surface area (Å²) in [5, 5.41) is 12.1. The lowest BCUT2D eigenvalue weighted by molar-refractivity contribution is 0.0950. The second-order valence-electron chi connectivity index (χ2n) is 6.08. The molecule has 4 aromatic rings. The number of nitrogens with one attached hydrogen (secondary N) is 3. The molecule has 0 saturated carbocycles. The summed E-state index contributed by atoms with van der Waals surface area (Å²) in [5.41, 5.74) is 6.20. The van der Waals surface area contributed by atoms with Gasteiger partial charge in [0, 0.05) is 28.2 Å². The van der Waals surface area contributed by atoms with E-state index in [9.17, 15) is 4.79 Å². The maximum Gasteiger partial charge on any atom is 0.289 e. The molecule has 0 fully saturated rings. The van der Waals surface area contributed by atoms with Gasteiger partial charge in [-0.15, -0.1) is 0 Å². The number of rotatable bonds is 6. The summed E-state index contributed by atoms with van der Waals surface area (Å²) in [5.74, 6) is 0.351. The van der Waals surface area contributed by atoms with Crippen LogP contribution in [0.15, 0.2) is 65.9 Å². The van der Waals surface area contributed by atoms with Crippen molar-refractivity contribution in [2.45, 2.75) is 6.92 Å². The molecule has 0 aliphatic heterocycles. The molecule has 140 valence electrons. The highest BCUT2D eigenvalue weighted by Gasteiger charge is 2.13. The first-order valence-corrected chi connectivity index (χ1v) is 8.93. The lowest BCUT2D eigenvalue weighted by Crippen LogP contribution is -2.17. The van der Waals surface area contributed by atoms with E-state index in [1.807, 2.05) is 61.7 Å². The zero-order valence-electron chi connectivity index (χ0n) is 15.3. The molecule has 2 aromatic carbocycles. The van der Waals surface area contributed by atoms with E-state index in [4.69, 9.17) is 4.74 Å². The molecule has 1 amide bonds. The smallest absolute Gasteiger partial charge is 0.289 e. The molecular formula is C21H19N5O2. The first-order valence-electron chi connectivity index (χ1n) is 8.93. The van der Waals surface area contributed by atoms with Crippen LogP contribution in [-0.2, 0) is 0 Å². The van der Waals surface area contributed by atoms with Gasteiger partial charge in [-0.1, -0.05) is 30.3 Å². The van der Waals surface area contributed by atoms with Gasteiger partial charge in [-0.25, -0.2) is 5.43 Å². The maximum absolute atomic E-state index is 12.4. The highest BCUT2D eigenvalue weighted by Crippen LogP contribution is 2.28. The molecule has 7 nitrogen and oxygen atoms in total. The van der Waals surface area contributed by atoms with Crippen molar-refractivity contribution in [2.75, 3.05) is 6.61 Å². The zero-order valence-corrected chi connectivity index (χ0v) is 15.3. The van der Waals surface area contributed by atoms with Crippen LogP contribution < -0.4 is 10.2 Å². The molecule has 7 heteroatoms. The number of fused-ring (bicyclic) bond motifs is 1. The SMILES string of the molecule is CCOc1ccccc1-c1cc(C(=O)N/N=C\c2c[nH]c3ccccc23)[nH]n1. The number of aromatic nitrogens is 3. The third kappa shape index (κ3) is 3.50. The number of amides is 1. The van der Waals surface area contributed by atoms with Crippen LogP contribution in [0.3, 0.4) is 0 Å². The van der Waals surface area contributed by atoms with Gasteiger partial charge in [-0.2, -0.15) is 10.2 Å². The van der Waals surface area contributed by atoms with Crippen LogP contribution in [0.1, 0.15) is 23.0 Å². The number of H-pyrrole nitrogens is 2. The predicted molar refractivity (Wildman–Crippen MR) is 109 cm³/mol. The Labute approximate surface area is 161 Å². The molecule has 0 saturated heterocycles. The molecule has 2 heterocycles. The van der Waals surface area contributed by atoms with Crippen LogP contribution in [0.4, 0.5) is 0 Å². The minimum Gasteiger partial charge on any atom is -0.493 e. The average molecular weight is 373 g/mol. The fraction of sp³-hybridized carbons (Fsp3) is 0.0952. The van der Waals surface area contributed by atoms with Crippen LogP contribution >= 0.6 is 0 Å². The molecule has 28 heavy (non-hydrogen) atoms. The fourth-order valence-electron chi connectivity index (χ4n) is 2.96. The molecular weight excluding hydrogens is 354 g/mol. The molecule has 0 atom stereocenters. The van der Waals surface area contributed by atoms with Gasteiger partial charge >= 0.3 is 0 Å². The summed E-state index contributed by atoms with van der Waals surface area (Å²) in [6.45, 7) is 2.48.